The fourth-order valence-corrected chi connectivity index (χ4v) is 3.27. The molecule has 1 saturated heterocycles. The zero-order chi connectivity index (χ0) is 14.4. The molecule has 1 N–H and O–H groups in total. The van der Waals surface area contributed by atoms with Crippen molar-refractivity contribution in [2.75, 3.05) is 24.5 Å². The average Bonchev–Trinajstić information content (AvgIpc) is 2.49. The topological polar surface area (TPSA) is 28.2 Å². The van der Waals surface area contributed by atoms with Crippen LogP contribution < -0.4 is 10.2 Å². The second-order valence-electron chi connectivity index (χ2n) is 5.91. The lowest BCUT2D eigenvalue weighted by Crippen LogP contribution is -2.35. The molecule has 2 rings (SSSR count). The van der Waals surface area contributed by atoms with E-state index in [9.17, 15) is 0 Å². The molecule has 1 aliphatic heterocycles. The van der Waals surface area contributed by atoms with E-state index in [0.29, 0.717) is 6.04 Å². The molecule has 2 heterocycles. The fourth-order valence-electron chi connectivity index (χ4n) is 3.27. The predicted octanol–water partition coefficient (Wildman–Crippen LogP) is 3.77. The third-order valence-corrected chi connectivity index (χ3v) is 4.40. The van der Waals surface area contributed by atoms with Crippen molar-refractivity contribution >= 4 is 5.82 Å². The highest BCUT2D eigenvalue weighted by atomic mass is 15.2. The number of anilines is 1. The van der Waals surface area contributed by atoms with Crippen LogP contribution >= 0.6 is 0 Å². The lowest BCUT2D eigenvalue weighted by atomic mass is 9.92. The zero-order valence-electron chi connectivity index (χ0n) is 13.2. The smallest absolute Gasteiger partial charge is 0.133 e. The molecule has 0 radical (unpaired) electrons. The number of nitrogens with one attached hydrogen (secondary N) is 1. The van der Waals surface area contributed by atoms with Crippen LogP contribution in [0.15, 0.2) is 18.3 Å². The van der Waals surface area contributed by atoms with Gasteiger partial charge in [-0.3, -0.25) is 0 Å². The first-order chi connectivity index (χ1) is 9.76. The minimum absolute atomic E-state index is 0.372. The van der Waals surface area contributed by atoms with E-state index in [1.54, 1.807) is 0 Å². The van der Waals surface area contributed by atoms with Crippen molar-refractivity contribution in [3.63, 3.8) is 0 Å². The van der Waals surface area contributed by atoms with Gasteiger partial charge in [0.2, 0.25) is 0 Å². The number of rotatable bonds is 6. The molecule has 1 aromatic heterocycles. The molecule has 1 fully saturated rings. The maximum absolute atomic E-state index is 4.66. The maximum atomic E-state index is 4.66. The maximum Gasteiger partial charge on any atom is 0.133 e. The SMILES string of the molecule is CCCC1CCN(c2ncccc2C(C)NCC)CC1. The van der Waals surface area contributed by atoms with Gasteiger partial charge < -0.3 is 10.2 Å². The number of piperidine rings is 1. The molecule has 3 nitrogen and oxygen atoms in total. The number of nitrogens with zero attached hydrogens (tertiary/aromatic N) is 2. The average molecular weight is 275 g/mol. The summed E-state index contributed by atoms with van der Waals surface area (Å²) in [6.07, 6.45) is 7.27. The van der Waals surface area contributed by atoms with Crippen molar-refractivity contribution < 1.29 is 0 Å². The molecule has 3 heteroatoms. The lowest BCUT2D eigenvalue weighted by Gasteiger charge is -2.34. The Kier molecular flexibility index (Phi) is 5.84. The molecule has 1 aromatic rings. The summed E-state index contributed by atoms with van der Waals surface area (Å²) in [5.74, 6) is 2.12. The Bertz CT molecular complexity index is 397. The van der Waals surface area contributed by atoms with Crippen LogP contribution in [-0.4, -0.2) is 24.6 Å². The van der Waals surface area contributed by atoms with Crippen LogP contribution in [0.4, 0.5) is 5.82 Å². The first kappa shape index (κ1) is 15.3. The second-order valence-corrected chi connectivity index (χ2v) is 5.91. The van der Waals surface area contributed by atoms with Gasteiger partial charge in [0.25, 0.3) is 0 Å². The molecule has 0 bridgehead atoms. The number of pyridine rings is 1. The van der Waals surface area contributed by atoms with Crippen LogP contribution in [0.25, 0.3) is 0 Å². The van der Waals surface area contributed by atoms with E-state index in [0.717, 1.165) is 25.6 Å². The van der Waals surface area contributed by atoms with Gasteiger partial charge in [-0.1, -0.05) is 32.8 Å². The molecule has 0 aliphatic carbocycles. The van der Waals surface area contributed by atoms with Gasteiger partial charge in [-0.2, -0.15) is 0 Å². The normalized spacial score (nSPS) is 18.2. The molecule has 1 atom stereocenters. The molecule has 0 amide bonds. The number of hydrogen-bond acceptors (Lipinski definition) is 3. The highest BCUT2D eigenvalue weighted by molar-refractivity contribution is 5.48. The van der Waals surface area contributed by atoms with Crippen molar-refractivity contribution in [3.05, 3.63) is 23.9 Å². The first-order valence-corrected chi connectivity index (χ1v) is 8.19. The van der Waals surface area contributed by atoms with Crippen LogP contribution in [0.3, 0.4) is 0 Å². The van der Waals surface area contributed by atoms with Crippen LogP contribution in [-0.2, 0) is 0 Å². The molecule has 20 heavy (non-hydrogen) atoms. The minimum atomic E-state index is 0.372. The van der Waals surface area contributed by atoms with Gasteiger partial charge in [0.15, 0.2) is 0 Å². The standard InChI is InChI=1S/C17H29N3/c1-4-7-15-9-12-20(13-10-15)17-16(8-6-11-19-17)14(3)18-5-2/h6,8,11,14-15,18H,4-5,7,9-10,12-13H2,1-3H3. The molecule has 1 aliphatic rings. The van der Waals surface area contributed by atoms with Crippen LogP contribution in [0.5, 0.6) is 0 Å². The van der Waals surface area contributed by atoms with Gasteiger partial charge in [0, 0.05) is 30.9 Å². The van der Waals surface area contributed by atoms with Crippen molar-refractivity contribution in [1.29, 1.82) is 0 Å². The van der Waals surface area contributed by atoms with Crippen molar-refractivity contribution in [2.45, 2.75) is 52.5 Å². The third-order valence-electron chi connectivity index (χ3n) is 4.40. The monoisotopic (exact) mass is 275 g/mol. The number of aromatic nitrogens is 1. The highest BCUT2D eigenvalue weighted by Gasteiger charge is 2.22. The summed E-state index contributed by atoms with van der Waals surface area (Å²) in [5.41, 5.74) is 1.34. The summed E-state index contributed by atoms with van der Waals surface area (Å²) >= 11 is 0. The molecule has 0 aromatic carbocycles. The Morgan fingerprint density at radius 2 is 2.10 bits per heavy atom. The molecular formula is C17H29N3. The number of hydrogen-bond donors (Lipinski definition) is 1. The van der Waals surface area contributed by atoms with E-state index >= 15 is 0 Å². The summed E-state index contributed by atoms with van der Waals surface area (Å²) in [5, 5.41) is 3.50. The Balaban J connectivity index is 2.06. The van der Waals surface area contributed by atoms with Crippen LogP contribution in [0.1, 0.15) is 58.1 Å². The van der Waals surface area contributed by atoms with Gasteiger partial charge in [-0.15, -0.1) is 0 Å². The van der Waals surface area contributed by atoms with Crippen LogP contribution in [0.2, 0.25) is 0 Å². The lowest BCUT2D eigenvalue weighted by molar-refractivity contribution is 0.376. The fraction of sp³-hybridized carbons (Fsp3) is 0.706. The van der Waals surface area contributed by atoms with Gasteiger partial charge in [-0.25, -0.2) is 4.98 Å². The third kappa shape index (κ3) is 3.72. The summed E-state index contributed by atoms with van der Waals surface area (Å²) in [4.78, 5) is 7.14. The first-order valence-electron chi connectivity index (χ1n) is 8.19. The van der Waals surface area contributed by atoms with Crippen LogP contribution in [0, 0.1) is 5.92 Å². The molecule has 0 saturated carbocycles. The van der Waals surface area contributed by atoms with Gasteiger partial charge in [0.1, 0.15) is 5.82 Å². The van der Waals surface area contributed by atoms with E-state index in [4.69, 9.17) is 0 Å². The Morgan fingerprint density at radius 1 is 1.35 bits per heavy atom. The van der Waals surface area contributed by atoms with E-state index in [-0.39, 0.29) is 0 Å². The van der Waals surface area contributed by atoms with Crippen molar-refractivity contribution in [3.8, 4) is 0 Å². The summed E-state index contributed by atoms with van der Waals surface area (Å²) in [7, 11) is 0. The Morgan fingerprint density at radius 3 is 2.75 bits per heavy atom. The van der Waals surface area contributed by atoms with Crippen molar-refractivity contribution in [1.82, 2.24) is 10.3 Å². The summed E-state index contributed by atoms with van der Waals surface area (Å²) in [6, 6.07) is 4.64. The largest absolute Gasteiger partial charge is 0.356 e. The molecule has 1 unspecified atom stereocenters. The van der Waals surface area contributed by atoms with E-state index in [1.165, 1.54) is 37.1 Å². The van der Waals surface area contributed by atoms with Gasteiger partial charge in [0.05, 0.1) is 0 Å². The quantitative estimate of drug-likeness (QED) is 0.856. The van der Waals surface area contributed by atoms with Gasteiger partial charge >= 0.3 is 0 Å². The summed E-state index contributed by atoms with van der Waals surface area (Å²) in [6.45, 7) is 9.99. The van der Waals surface area contributed by atoms with Gasteiger partial charge in [-0.05, 0) is 38.3 Å². The minimum Gasteiger partial charge on any atom is -0.356 e. The molecular weight excluding hydrogens is 246 g/mol. The highest BCUT2D eigenvalue weighted by Crippen LogP contribution is 2.29. The van der Waals surface area contributed by atoms with E-state index in [2.05, 4.69) is 48.1 Å². The van der Waals surface area contributed by atoms with E-state index < -0.39 is 0 Å². The second kappa shape index (κ2) is 7.63. The van der Waals surface area contributed by atoms with Crippen molar-refractivity contribution in [2.24, 2.45) is 5.92 Å². The molecule has 0 spiro atoms. The predicted molar refractivity (Wildman–Crippen MR) is 86.2 cm³/mol. The van der Waals surface area contributed by atoms with E-state index in [1.807, 2.05) is 6.20 Å². The molecule has 112 valence electrons. The summed E-state index contributed by atoms with van der Waals surface area (Å²) < 4.78 is 0. The zero-order valence-corrected chi connectivity index (χ0v) is 13.2. The Hall–Kier alpha value is -1.09. The Labute approximate surface area is 123 Å².